The molecule has 2 aromatic rings. The minimum absolute atomic E-state index is 0.0201. The van der Waals surface area contributed by atoms with Crippen molar-refractivity contribution >= 4 is 47.1 Å². The SMILES string of the molecule is C/C=C(/NC(=O)CCCCCCCCC)C(=O)N/C(=C/C)C(=O)N[C@@H](C(=O)N[C@H](C(=O)Nc1ccc(C(=O)N[C@H](C(=O)O)[C@@H](C)O)cc1)c1ccc(O)cc1)[C@@H](O)C(C)C. The molecule has 0 aliphatic heterocycles. The second kappa shape index (κ2) is 25.4. The number of aliphatic hydroxyl groups excluding tert-OH is 2. The average molecular weight is 837 g/mol. The maximum atomic E-state index is 13.9. The predicted molar refractivity (Wildman–Crippen MR) is 224 cm³/mol. The van der Waals surface area contributed by atoms with E-state index in [1.807, 2.05) is 0 Å². The molecule has 2 aromatic carbocycles. The summed E-state index contributed by atoms with van der Waals surface area (Å²) in [6, 6.07) is 5.92. The third-order valence-electron chi connectivity index (χ3n) is 9.41. The van der Waals surface area contributed by atoms with E-state index >= 15 is 0 Å². The number of nitrogens with one attached hydrogen (secondary N) is 6. The van der Waals surface area contributed by atoms with Gasteiger partial charge in [-0.3, -0.25) is 28.8 Å². The molecule has 0 radical (unpaired) electrons. The maximum Gasteiger partial charge on any atom is 0.328 e. The number of rotatable bonds is 24. The van der Waals surface area contributed by atoms with Crippen molar-refractivity contribution in [3.05, 3.63) is 83.2 Å². The molecule has 0 aliphatic carbocycles. The summed E-state index contributed by atoms with van der Waals surface area (Å²) in [5, 5.41) is 54.8. The third-order valence-corrected chi connectivity index (χ3v) is 9.41. The number of phenolic OH excluding ortho intramolecular Hbond substituents is 1. The number of phenols is 1. The monoisotopic (exact) mass is 836 g/mol. The zero-order valence-corrected chi connectivity index (χ0v) is 35.0. The molecular formula is C43H60N6O11. The first-order valence-electron chi connectivity index (χ1n) is 20.1. The maximum absolute atomic E-state index is 13.9. The van der Waals surface area contributed by atoms with Crippen molar-refractivity contribution in [2.24, 2.45) is 5.92 Å². The summed E-state index contributed by atoms with van der Waals surface area (Å²) in [5.74, 6) is -6.83. The Balaban J connectivity index is 2.23. The Morgan fingerprint density at radius 3 is 1.77 bits per heavy atom. The number of carbonyl (C=O) groups excluding carboxylic acids is 6. The minimum atomic E-state index is -1.66. The number of allylic oxidation sites excluding steroid dienone is 2. The van der Waals surface area contributed by atoms with Crippen LogP contribution in [0.25, 0.3) is 0 Å². The van der Waals surface area contributed by atoms with E-state index < -0.39 is 71.8 Å². The van der Waals surface area contributed by atoms with Crippen LogP contribution in [0.5, 0.6) is 5.75 Å². The number of benzene rings is 2. The van der Waals surface area contributed by atoms with Gasteiger partial charge in [0.25, 0.3) is 23.6 Å². The molecule has 0 unspecified atom stereocenters. The van der Waals surface area contributed by atoms with Gasteiger partial charge in [0, 0.05) is 17.7 Å². The Kier molecular flexibility index (Phi) is 21.2. The average Bonchev–Trinajstić information content (AvgIpc) is 3.21. The Hall–Kier alpha value is -6.07. The number of hydrogen-bond acceptors (Lipinski definition) is 10. The molecule has 0 aliphatic rings. The van der Waals surface area contributed by atoms with Crippen molar-refractivity contribution in [1.29, 1.82) is 0 Å². The minimum Gasteiger partial charge on any atom is -0.508 e. The lowest BCUT2D eigenvalue weighted by Crippen LogP contribution is -2.57. The lowest BCUT2D eigenvalue weighted by molar-refractivity contribution is -0.141. The largest absolute Gasteiger partial charge is 0.508 e. The molecule has 0 saturated carbocycles. The van der Waals surface area contributed by atoms with Crippen LogP contribution < -0.4 is 31.9 Å². The molecule has 60 heavy (non-hydrogen) atoms. The van der Waals surface area contributed by atoms with Gasteiger partial charge < -0.3 is 52.3 Å². The molecule has 0 spiro atoms. The van der Waals surface area contributed by atoms with E-state index in [-0.39, 0.29) is 46.3 Å². The van der Waals surface area contributed by atoms with Crippen LogP contribution in [-0.4, -0.2) is 86.1 Å². The highest BCUT2D eigenvalue weighted by atomic mass is 16.4. The number of unbranched alkanes of at least 4 members (excludes halogenated alkanes) is 6. The molecule has 0 saturated heterocycles. The van der Waals surface area contributed by atoms with Gasteiger partial charge in [0.05, 0.1) is 12.2 Å². The summed E-state index contributed by atoms with van der Waals surface area (Å²) in [6.07, 6.45) is 7.15. The molecule has 17 nitrogen and oxygen atoms in total. The first-order chi connectivity index (χ1) is 28.4. The lowest BCUT2D eigenvalue weighted by atomic mass is 9.97. The van der Waals surface area contributed by atoms with E-state index in [0.717, 1.165) is 32.1 Å². The van der Waals surface area contributed by atoms with Crippen LogP contribution in [0, 0.1) is 5.92 Å². The normalized spacial score (nSPS) is 14.2. The molecule has 2 rings (SSSR count). The van der Waals surface area contributed by atoms with Gasteiger partial charge in [-0.05, 0) is 75.1 Å². The fourth-order valence-corrected chi connectivity index (χ4v) is 5.81. The first kappa shape index (κ1) is 50.1. The summed E-state index contributed by atoms with van der Waals surface area (Å²) < 4.78 is 0. The molecule has 0 fully saturated rings. The van der Waals surface area contributed by atoms with Crippen LogP contribution in [0.1, 0.15) is 115 Å². The summed E-state index contributed by atoms with van der Waals surface area (Å²) in [5.41, 5.74) is 0.00621. The van der Waals surface area contributed by atoms with Gasteiger partial charge in [0.15, 0.2) is 6.04 Å². The Morgan fingerprint density at radius 2 is 1.23 bits per heavy atom. The van der Waals surface area contributed by atoms with Crippen molar-refractivity contribution in [1.82, 2.24) is 26.6 Å². The van der Waals surface area contributed by atoms with Gasteiger partial charge in [-0.2, -0.15) is 0 Å². The Bertz CT molecular complexity index is 1840. The van der Waals surface area contributed by atoms with Gasteiger partial charge in [-0.25, -0.2) is 4.79 Å². The van der Waals surface area contributed by atoms with Crippen molar-refractivity contribution in [3.8, 4) is 5.75 Å². The van der Waals surface area contributed by atoms with Crippen LogP contribution in [0.2, 0.25) is 0 Å². The number of aliphatic hydroxyl groups is 2. The molecule has 0 bridgehead atoms. The van der Waals surface area contributed by atoms with Crippen molar-refractivity contribution in [3.63, 3.8) is 0 Å². The molecule has 5 atom stereocenters. The van der Waals surface area contributed by atoms with E-state index in [1.54, 1.807) is 20.8 Å². The molecule has 0 aromatic heterocycles. The quantitative estimate of drug-likeness (QED) is 0.0541. The van der Waals surface area contributed by atoms with E-state index in [9.17, 15) is 54.0 Å². The van der Waals surface area contributed by atoms with Gasteiger partial charge >= 0.3 is 5.97 Å². The zero-order valence-electron chi connectivity index (χ0n) is 35.0. The van der Waals surface area contributed by atoms with Crippen LogP contribution in [0.15, 0.2) is 72.1 Å². The Labute approximate surface area is 350 Å². The number of carbonyl (C=O) groups is 7. The van der Waals surface area contributed by atoms with E-state index in [2.05, 4.69) is 38.8 Å². The fourth-order valence-electron chi connectivity index (χ4n) is 5.81. The van der Waals surface area contributed by atoms with Crippen molar-refractivity contribution < 1.29 is 54.0 Å². The highest BCUT2D eigenvalue weighted by molar-refractivity contribution is 6.05. The number of carboxylic acid groups (broad SMARTS) is 1. The lowest BCUT2D eigenvalue weighted by Gasteiger charge is -2.28. The molecule has 6 amide bonds. The number of amides is 6. The van der Waals surface area contributed by atoms with Crippen LogP contribution >= 0.6 is 0 Å². The molecule has 17 heteroatoms. The molecule has 0 heterocycles. The molecule has 328 valence electrons. The van der Waals surface area contributed by atoms with Gasteiger partial charge in [-0.1, -0.05) is 83.6 Å². The Morgan fingerprint density at radius 1 is 0.667 bits per heavy atom. The smallest absolute Gasteiger partial charge is 0.328 e. The second-order valence-corrected chi connectivity index (χ2v) is 14.6. The highest BCUT2D eigenvalue weighted by Crippen LogP contribution is 2.21. The number of hydrogen-bond donors (Lipinski definition) is 10. The predicted octanol–water partition coefficient (Wildman–Crippen LogP) is 3.43. The summed E-state index contributed by atoms with van der Waals surface area (Å²) in [7, 11) is 0. The number of carboxylic acids is 1. The number of aromatic hydroxyl groups is 1. The number of anilines is 1. The van der Waals surface area contributed by atoms with E-state index in [4.69, 9.17) is 0 Å². The molecular weight excluding hydrogens is 777 g/mol. The fraction of sp³-hybridized carbons (Fsp3) is 0.465. The van der Waals surface area contributed by atoms with Gasteiger partial charge in [-0.15, -0.1) is 0 Å². The first-order valence-corrected chi connectivity index (χ1v) is 20.1. The number of aliphatic carboxylic acids is 1. The van der Waals surface area contributed by atoms with E-state index in [0.29, 0.717) is 6.42 Å². The van der Waals surface area contributed by atoms with Gasteiger partial charge in [0.1, 0.15) is 29.2 Å². The van der Waals surface area contributed by atoms with Crippen LogP contribution in [0.3, 0.4) is 0 Å². The van der Waals surface area contributed by atoms with Gasteiger partial charge in [0.2, 0.25) is 11.8 Å². The van der Waals surface area contributed by atoms with Crippen molar-refractivity contribution in [2.75, 3.05) is 5.32 Å². The standard InChI is InChI=1S/C43H60N6O11/c1-7-10-11-12-13-14-15-16-33(52)45-31(8-2)39(55)46-32(9-3)40(56)49-36(37(53)25(4)5)42(58)48-35(27-19-23-30(51)24-20-27)41(57)44-29-21-17-28(18-22-29)38(54)47-34(26(6)50)43(59)60/h8-9,17-26,34-37,50-51,53H,7,10-16H2,1-6H3,(H,44,57)(H,45,52)(H,46,55)(H,47,54)(H,48,58)(H,49,56)(H,59,60)/b31-8+,32-9+/t26-,34+,35+,36-,37+/m1/s1. The molecule has 10 N–H and O–H groups in total. The highest BCUT2D eigenvalue weighted by Gasteiger charge is 2.35. The summed E-state index contributed by atoms with van der Waals surface area (Å²) in [4.78, 5) is 91.0. The van der Waals surface area contributed by atoms with Crippen molar-refractivity contribution in [2.45, 2.75) is 123 Å². The zero-order chi connectivity index (χ0) is 44.9. The topological polar surface area (TPSA) is 273 Å². The van der Waals surface area contributed by atoms with Crippen LogP contribution in [-0.2, 0) is 28.8 Å². The summed E-state index contributed by atoms with van der Waals surface area (Å²) in [6.45, 7) is 9.56. The summed E-state index contributed by atoms with van der Waals surface area (Å²) >= 11 is 0. The van der Waals surface area contributed by atoms with Crippen LogP contribution in [0.4, 0.5) is 5.69 Å². The third kappa shape index (κ3) is 16.3. The second-order valence-electron chi connectivity index (χ2n) is 14.6. The van der Waals surface area contributed by atoms with E-state index in [1.165, 1.54) is 81.0 Å².